The first-order valence-electron chi connectivity index (χ1n) is 5.42. The van der Waals surface area contributed by atoms with Crippen molar-refractivity contribution in [1.82, 2.24) is 0 Å². The first-order chi connectivity index (χ1) is 6.95. The largest absolute Gasteiger partial charge is 0.477 e. The zero-order chi connectivity index (χ0) is 9.64. The lowest BCUT2D eigenvalue weighted by atomic mass is 10.0. The van der Waals surface area contributed by atoms with Gasteiger partial charge in [0.1, 0.15) is 5.75 Å². The molecule has 1 aliphatic rings. The van der Waals surface area contributed by atoms with Crippen LogP contribution in [0.15, 0.2) is 30.3 Å². The highest BCUT2D eigenvalue weighted by atomic mass is 35.5. The van der Waals surface area contributed by atoms with Gasteiger partial charge in [-0.15, -0.1) is 12.4 Å². The Morgan fingerprint density at radius 2 is 1.67 bits per heavy atom. The van der Waals surface area contributed by atoms with Crippen molar-refractivity contribution in [1.29, 1.82) is 0 Å². The Morgan fingerprint density at radius 3 is 2.33 bits per heavy atom. The number of benzene rings is 1. The van der Waals surface area contributed by atoms with E-state index in [0.29, 0.717) is 8.81 Å². The van der Waals surface area contributed by atoms with E-state index in [2.05, 4.69) is 0 Å². The maximum Gasteiger partial charge on any atom is 0.122 e. The maximum absolute atomic E-state index is 5.77. The van der Waals surface area contributed by atoms with Crippen molar-refractivity contribution in [2.45, 2.75) is 37.8 Å². The average Bonchev–Trinajstić information content (AvgIpc) is 2.29. The molecule has 0 aliphatic heterocycles. The van der Waals surface area contributed by atoms with E-state index in [4.69, 9.17) is 4.52 Å². The molecule has 2 rings (SSSR count). The zero-order valence-corrected chi connectivity index (χ0v) is 10.6. The molecule has 0 heterocycles. The van der Waals surface area contributed by atoms with Crippen molar-refractivity contribution in [2.75, 3.05) is 0 Å². The van der Waals surface area contributed by atoms with Gasteiger partial charge in [0.05, 0.1) is 8.81 Å². The molecule has 1 aliphatic carbocycles. The molecule has 15 heavy (non-hydrogen) atoms. The van der Waals surface area contributed by atoms with Crippen LogP contribution in [0.2, 0.25) is 0 Å². The summed E-state index contributed by atoms with van der Waals surface area (Å²) in [4.78, 5) is 0. The van der Waals surface area contributed by atoms with Crippen LogP contribution in [0.3, 0.4) is 0 Å². The Morgan fingerprint density at radius 1 is 1.00 bits per heavy atom. The van der Waals surface area contributed by atoms with Gasteiger partial charge < -0.3 is 4.52 Å². The van der Waals surface area contributed by atoms with Crippen LogP contribution >= 0.6 is 21.2 Å². The molecule has 1 aromatic carbocycles. The molecular weight excluding hydrogens is 227 g/mol. The number of rotatable bonds is 3. The normalized spacial score (nSPS) is 17.6. The molecule has 1 atom stereocenters. The van der Waals surface area contributed by atoms with Gasteiger partial charge in [0, 0.05) is 5.66 Å². The van der Waals surface area contributed by atoms with Crippen LogP contribution in [0.4, 0.5) is 0 Å². The van der Waals surface area contributed by atoms with Gasteiger partial charge in [0.25, 0.3) is 0 Å². The number of hydrogen-bond donors (Lipinski definition) is 0. The Labute approximate surface area is 99.9 Å². The molecule has 1 fully saturated rings. The van der Waals surface area contributed by atoms with Gasteiger partial charge >= 0.3 is 0 Å². The van der Waals surface area contributed by atoms with E-state index >= 15 is 0 Å². The molecule has 0 bridgehead atoms. The number of para-hydroxylation sites is 1. The number of halogens is 1. The summed E-state index contributed by atoms with van der Waals surface area (Å²) in [5, 5.41) is 0. The predicted octanol–water partition coefficient (Wildman–Crippen LogP) is 4.41. The minimum Gasteiger partial charge on any atom is -0.477 e. The maximum atomic E-state index is 5.77. The predicted molar refractivity (Wildman–Crippen MR) is 69.5 cm³/mol. The SMILES string of the molecule is Cl.c1ccc(OPC2CCCCC2)cc1. The third-order valence-electron chi connectivity index (χ3n) is 2.69. The van der Waals surface area contributed by atoms with E-state index in [1.165, 1.54) is 32.1 Å². The van der Waals surface area contributed by atoms with Crippen LogP contribution in [-0.2, 0) is 0 Å². The molecule has 3 heteroatoms. The second kappa shape index (κ2) is 7.09. The van der Waals surface area contributed by atoms with Crippen LogP contribution in [0, 0.1) is 0 Å². The summed E-state index contributed by atoms with van der Waals surface area (Å²) in [7, 11) is 0.659. The Kier molecular flexibility index (Phi) is 6.05. The van der Waals surface area contributed by atoms with Gasteiger partial charge in [-0.25, -0.2) is 0 Å². The smallest absolute Gasteiger partial charge is 0.122 e. The topological polar surface area (TPSA) is 9.23 Å². The van der Waals surface area contributed by atoms with Crippen molar-refractivity contribution in [3.63, 3.8) is 0 Å². The summed E-state index contributed by atoms with van der Waals surface area (Å²) in [6, 6.07) is 10.2. The van der Waals surface area contributed by atoms with E-state index in [-0.39, 0.29) is 12.4 Å². The minimum atomic E-state index is 0. The Hall–Kier alpha value is -0.260. The standard InChI is InChI=1S/C12H17OP.ClH/c1-3-7-11(8-4-1)13-14-12-9-5-2-6-10-12;/h1,3-4,7-8,12,14H,2,5-6,9-10H2;1H. The van der Waals surface area contributed by atoms with E-state index in [0.717, 1.165) is 11.4 Å². The fraction of sp³-hybridized carbons (Fsp3) is 0.500. The quantitative estimate of drug-likeness (QED) is 0.716. The summed E-state index contributed by atoms with van der Waals surface area (Å²) in [6.45, 7) is 0. The molecule has 1 saturated carbocycles. The van der Waals surface area contributed by atoms with Gasteiger partial charge in [-0.3, -0.25) is 0 Å². The summed E-state index contributed by atoms with van der Waals surface area (Å²) in [5.41, 5.74) is 0.823. The molecule has 0 radical (unpaired) electrons. The van der Waals surface area contributed by atoms with Crippen LogP contribution in [0.25, 0.3) is 0 Å². The van der Waals surface area contributed by atoms with Crippen LogP contribution in [0.5, 0.6) is 5.75 Å². The lowest BCUT2D eigenvalue weighted by Crippen LogP contribution is -2.07. The molecular formula is C12H18ClOP. The molecule has 0 saturated heterocycles. The average molecular weight is 245 g/mol. The molecule has 0 amide bonds. The summed E-state index contributed by atoms with van der Waals surface area (Å²) >= 11 is 0. The Balaban J connectivity index is 0.00000112. The van der Waals surface area contributed by atoms with Crippen LogP contribution in [0.1, 0.15) is 32.1 Å². The highest BCUT2D eigenvalue weighted by molar-refractivity contribution is 7.33. The fourth-order valence-corrected chi connectivity index (χ4v) is 2.94. The second-order valence-electron chi connectivity index (χ2n) is 3.87. The molecule has 0 N–H and O–H groups in total. The number of hydrogen-bond acceptors (Lipinski definition) is 1. The van der Waals surface area contributed by atoms with Gasteiger partial charge in [0.2, 0.25) is 0 Å². The highest BCUT2D eigenvalue weighted by Gasteiger charge is 2.14. The van der Waals surface area contributed by atoms with Crippen molar-refractivity contribution < 1.29 is 4.52 Å². The minimum absolute atomic E-state index is 0. The van der Waals surface area contributed by atoms with E-state index in [1.54, 1.807) is 0 Å². The zero-order valence-electron chi connectivity index (χ0n) is 8.82. The molecule has 1 unspecified atom stereocenters. The van der Waals surface area contributed by atoms with Crippen LogP contribution < -0.4 is 4.52 Å². The van der Waals surface area contributed by atoms with Crippen molar-refractivity contribution in [3.05, 3.63) is 30.3 Å². The molecule has 84 valence electrons. The molecule has 1 nitrogen and oxygen atoms in total. The van der Waals surface area contributed by atoms with Gasteiger partial charge in [-0.1, -0.05) is 37.5 Å². The van der Waals surface area contributed by atoms with Gasteiger partial charge in [-0.05, 0) is 25.0 Å². The van der Waals surface area contributed by atoms with E-state index in [9.17, 15) is 0 Å². The molecule has 1 aromatic rings. The van der Waals surface area contributed by atoms with Crippen molar-refractivity contribution in [2.24, 2.45) is 0 Å². The third kappa shape index (κ3) is 4.40. The summed E-state index contributed by atoms with van der Waals surface area (Å²) < 4.78 is 5.77. The Bertz CT molecular complexity index is 260. The first kappa shape index (κ1) is 12.8. The molecule has 0 aromatic heterocycles. The lowest BCUT2D eigenvalue weighted by Gasteiger charge is -2.21. The molecule has 0 spiro atoms. The van der Waals surface area contributed by atoms with Gasteiger partial charge in [-0.2, -0.15) is 0 Å². The summed E-state index contributed by atoms with van der Waals surface area (Å²) in [6.07, 6.45) is 6.95. The highest BCUT2D eigenvalue weighted by Crippen LogP contribution is 2.34. The van der Waals surface area contributed by atoms with E-state index < -0.39 is 0 Å². The summed E-state index contributed by atoms with van der Waals surface area (Å²) in [5.74, 6) is 1.02. The van der Waals surface area contributed by atoms with Crippen molar-refractivity contribution >= 4 is 21.2 Å². The monoisotopic (exact) mass is 244 g/mol. The van der Waals surface area contributed by atoms with Crippen molar-refractivity contribution in [3.8, 4) is 5.75 Å². The fourth-order valence-electron chi connectivity index (χ4n) is 1.86. The van der Waals surface area contributed by atoms with Gasteiger partial charge in [0.15, 0.2) is 0 Å². The second-order valence-corrected chi connectivity index (χ2v) is 5.12. The lowest BCUT2D eigenvalue weighted by molar-refractivity contribution is 0.494. The van der Waals surface area contributed by atoms with Crippen LogP contribution in [-0.4, -0.2) is 5.66 Å². The first-order valence-corrected chi connectivity index (χ1v) is 6.41. The third-order valence-corrected chi connectivity index (χ3v) is 3.96. The van der Waals surface area contributed by atoms with E-state index in [1.807, 2.05) is 30.3 Å².